The molecule has 2 aromatic carbocycles. The highest BCUT2D eigenvalue weighted by atomic mass is 16.5. The number of benzene rings is 2. The number of hydrogen-bond acceptors (Lipinski definition) is 5. The molecule has 0 aliphatic heterocycles. The number of rotatable bonds is 11. The van der Waals surface area contributed by atoms with Gasteiger partial charge in [-0.2, -0.15) is 0 Å². The molecule has 2 rings (SSSR count). The highest BCUT2D eigenvalue weighted by Crippen LogP contribution is 2.38. The molecule has 0 heterocycles. The van der Waals surface area contributed by atoms with E-state index in [1.165, 1.54) is 5.56 Å². The molecule has 0 saturated heterocycles. The van der Waals surface area contributed by atoms with Crippen LogP contribution in [-0.4, -0.2) is 59.4 Å². The third-order valence-electron chi connectivity index (χ3n) is 4.71. The van der Waals surface area contributed by atoms with Crippen molar-refractivity contribution in [2.45, 2.75) is 19.5 Å². The van der Waals surface area contributed by atoms with Crippen LogP contribution in [0.25, 0.3) is 0 Å². The standard InChI is InChI=1S/C23H34N4O3/c1-24-23(25-12-9-13-27(2)17-18-10-7-6-8-11-18)26-16-19-14-20(28-3)22(30-5)21(15-19)29-4/h6-8,10-11,14-15H,9,12-13,16-17H2,1-5H3,(H2,24,25,26). The van der Waals surface area contributed by atoms with Crippen LogP contribution in [0.5, 0.6) is 17.2 Å². The number of hydrogen-bond donors (Lipinski definition) is 2. The Morgan fingerprint density at radius 1 is 0.933 bits per heavy atom. The van der Waals surface area contributed by atoms with Gasteiger partial charge in [-0.25, -0.2) is 0 Å². The number of nitrogens with one attached hydrogen (secondary N) is 2. The van der Waals surface area contributed by atoms with E-state index >= 15 is 0 Å². The second-order valence-corrected chi connectivity index (χ2v) is 6.96. The van der Waals surface area contributed by atoms with Gasteiger partial charge < -0.3 is 29.7 Å². The Bertz CT molecular complexity index is 771. The minimum absolute atomic E-state index is 0.588. The van der Waals surface area contributed by atoms with Gasteiger partial charge in [0.1, 0.15) is 0 Å². The van der Waals surface area contributed by atoms with Gasteiger partial charge >= 0.3 is 0 Å². The fourth-order valence-electron chi connectivity index (χ4n) is 3.17. The Hall–Kier alpha value is -2.93. The first-order valence-corrected chi connectivity index (χ1v) is 10.1. The monoisotopic (exact) mass is 414 g/mol. The minimum atomic E-state index is 0.588. The first-order chi connectivity index (χ1) is 14.6. The van der Waals surface area contributed by atoms with Crippen molar-refractivity contribution in [2.75, 3.05) is 48.5 Å². The van der Waals surface area contributed by atoms with Crippen molar-refractivity contribution < 1.29 is 14.2 Å². The molecule has 2 aromatic rings. The maximum atomic E-state index is 5.41. The van der Waals surface area contributed by atoms with Crippen molar-refractivity contribution in [2.24, 2.45) is 4.99 Å². The average Bonchev–Trinajstić information content (AvgIpc) is 2.78. The predicted octanol–water partition coefficient (Wildman–Crippen LogP) is 2.90. The van der Waals surface area contributed by atoms with Gasteiger partial charge in [0.2, 0.25) is 5.75 Å². The summed E-state index contributed by atoms with van der Waals surface area (Å²) in [6, 6.07) is 14.4. The fourth-order valence-corrected chi connectivity index (χ4v) is 3.17. The molecule has 0 fully saturated rings. The smallest absolute Gasteiger partial charge is 0.203 e. The zero-order valence-corrected chi connectivity index (χ0v) is 18.7. The summed E-state index contributed by atoms with van der Waals surface area (Å²) in [5, 5.41) is 6.69. The van der Waals surface area contributed by atoms with E-state index in [4.69, 9.17) is 14.2 Å². The third-order valence-corrected chi connectivity index (χ3v) is 4.71. The number of methoxy groups -OCH3 is 3. The molecule has 164 valence electrons. The van der Waals surface area contributed by atoms with Crippen LogP contribution >= 0.6 is 0 Å². The number of guanidine groups is 1. The Morgan fingerprint density at radius 2 is 1.60 bits per heavy atom. The van der Waals surface area contributed by atoms with E-state index in [9.17, 15) is 0 Å². The lowest BCUT2D eigenvalue weighted by Gasteiger charge is -2.18. The SMILES string of the molecule is CN=C(NCCCN(C)Cc1ccccc1)NCc1cc(OC)c(OC)c(OC)c1. The largest absolute Gasteiger partial charge is 0.493 e. The van der Waals surface area contributed by atoms with E-state index in [1.807, 2.05) is 18.2 Å². The van der Waals surface area contributed by atoms with Gasteiger partial charge in [-0.3, -0.25) is 4.99 Å². The summed E-state index contributed by atoms with van der Waals surface area (Å²) >= 11 is 0. The zero-order valence-electron chi connectivity index (χ0n) is 18.7. The molecule has 0 saturated carbocycles. The third kappa shape index (κ3) is 7.15. The molecule has 30 heavy (non-hydrogen) atoms. The summed E-state index contributed by atoms with van der Waals surface area (Å²) < 4.78 is 16.2. The zero-order chi connectivity index (χ0) is 21.8. The second-order valence-electron chi connectivity index (χ2n) is 6.96. The van der Waals surface area contributed by atoms with Gasteiger partial charge in [-0.1, -0.05) is 30.3 Å². The maximum absolute atomic E-state index is 5.41. The van der Waals surface area contributed by atoms with E-state index < -0.39 is 0 Å². The van der Waals surface area contributed by atoms with Gasteiger partial charge in [-0.05, 0) is 43.3 Å². The summed E-state index contributed by atoms with van der Waals surface area (Å²) in [6.07, 6.45) is 1.02. The number of nitrogens with zero attached hydrogens (tertiary/aromatic N) is 2. The van der Waals surface area contributed by atoms with Crippen LogP contribution in [0.1, 0.15) is 17.5 Å². The lowest BCUT2D eigenvalue weighted by Crippen LogP contribution is -2.38. The molecule has 0 bridgehead atoms. The molecule has 2 N–H and O–H groups in total. The fraction of sp³-hybridized carbons (Fsp3) is 0.435. The summed E-state index contributed by atoms with van der Waals surface area (Å²) in [6.45, 7) is 3.39. The van der Waals surface area contributed by atoms with Gasteiger partial charge in [0.15, 0.2) is 17.5 Å². The molecule has 7 heteroatoms. The summed E-state index contributed by atoms with van der Waals surface area (Å²) in [5.74, 6) is 2.62. The lowest BCUT2D eigenvalue weighted by atomic mass is 10.2. The van der Waals surface area contributed by atoms with Crippen molar-refractivity contribution in [3.05, 3.63) is 53.6 Å². The molecule has 0 spiro atoms. The van der Waals surface area contributed by atoms with E-state index in [0.29, 0.717) is 23.8 Å². The van der Waals surface area contributed by atoms with Gasteiger partial charge in [0.25, 0.3) is 0 Å². The van der Waals surface area contributed by atoms with E-state index in [1.54, 1.807) is 28.4 Å². The molecule has 0 radical (unpaired) electrons. The molecule has 0 atom stereocenters. The molecule has 7 nitrogen and oxygen atoms in total. The van der Waals surface area contributed by atoms with Crippen LogP contribution in [0.4, 0.5) is 0 Å². The van der Waals surface area contributed by atoms with Crippen molar-refractivity contribution >= 4 is 5.96 Å². The highest BCUT2D eigenvalue weighted by Gasteiger charge is 2.13. The van der Waals surface area contributed by atoms with Crippen molar-refractivity contribution in [3.63, 3.8) is 0 Å². The predicted molar refractivity (Wildman–Crippen MR) is 122 cm³/mol. The van der Waals surface area contributed by atoms with Crippen LogP contribution in [0, 0.1) is 0 Å². The van der Waals surface area contributed by atoms with Crippen molar-refractivity contribution in [3.8, 4) is 17.2 Å². The summed E-state index contributed by atoms with van der Waals surface area (Å²) in [4.78, 5) is 6.62. The van der Waals surface area contributed by atoms with Crippen LogP contribution in [0.2, 0.25) is 0 Å². The Balaban J connectivity index is 1.78. The van der Waals surface area contributed by atoms with Crippen LogP contribution < -0.4 is 24.8 Å². The van der Waals surface area contributed by atoms with E-state index in [-0.39, 0.29) is 0 Å². The summed E-state index contributed by atoms with van der Waals surface area (Å²) in [5.41, 5.74) is 2.34. The second kappa shape index (κ2) is 12.6. The molecule has 0 aliphatic carbocycles. The van der Waals surface area contributed by atoms with E-state index in [2.05, 4.69) is 51.8 Å². The molecular weight excluding hydrogens is 380 g/mol. The van der Waals surface area contributed by atoms with Crippen LogP contribution in [0.3, 0.4) is 0 Å². The number of aliphatic imine (C=N–C) groups is 1. The lowest BCUT2D eigenvalue weighted by molar-refractivity contribution is 0.322. The molecular formula is C23H34N4O3. The van der Waals surface area contributed by atoms with Gasteiger partial charge in [0, 0.05) is 26.7 Å². The first-order valence-electron chi connectivity index (χ1n) is 10.1. The molecule has 0 amide bonds. The molecule has 0 aliphatic rings. The average molecular weight is 415 g/mol. The van der Waals surface area contributed by atoms with Crippen LogP contribution in [0.15, 0.2) is 47.5 Å². The van der Waals surface area contributed by atoms with Gasteiger partial charge in [-0.15, -0.1) is 0 Å². The quantitative estimate of drug-likeness (QED) is 0.335. The summed E-state index contributed by atoms with van der Waals surface area (Å²) in [7, 11) is 8.74. The van der Waals surface area contributed by atoms with Crippen molar-refractivity contribution in [1.82, 2.24) is 15.5 Å². The van der Waals surface area contributed by atoms with Crippen molar-refractivity contribution in [1.29, 1.82) is 0 Å². The topological polar surface area (TPSA) is 67.4 Å². The Labute approximate surface area is 180 Å². The minimum Gasteiger partial charge on any atom is -0.493 e. The first kappa shape index (κ1) is 23.3. The normalized spacial score (nSPS) is 11.3. The molecule has 0 unspecified atom stereocenters. The Kier molecular flexibility index (Phi) is 9.80. The highest BCUT2D eigenvalue weighted by molar-refractivity contribution is 5.79. The number of ether oxygens (including phenoxy) is 3. The Morgan fingerprint density at radius 3 is 2.17 bits per heavy atom. The van der Waals surface area contributed by atoms with Crippen LogP contribution in [-0.2, 0) is 13.1 Å². The molecule has 0 aromatic heterocycles. The van der Waals surface area contributed by atoms with E-state index in [0.717, 1.165) is 37.6 Å². The maximum Gasteiger partial charge on any atom is 0.203 e. The van der Waals surface area contributed by atoms with Gasteiger partial charge in [0.05, 0.1) is 21.3 Å².